The summed E-state index contributed by atoms with van der Waals surface area (Å²) in [5.74, 6) is 0.285. The predicted molar refractivity (Wildman–Crippen MR) is 113 cm³/mol. The standard InChI is InChI=1S/C22H27N3OS/c26-21-13-7-15-24(21)16-8-14-23-22(27)25(17-19-9-3-1-4-10-19)18-20-11-5-2-6-12-20/h1-6,9-12H,7-8,13-18H2,(H,23,27). The molecule has 0 spiro atoms. The summed E-state index contributed by atoms with van der Waals surface area (Å²) >= 11 is 5.68. The lowest BCUT2D eigenvalue weighted by atomic mass is 10.2. The molecule has 0 radical (unpaired) electrons. The van der Waals surface area contributed by atoms with Gasteiger partial charge in [0.15, 0.2) is 5.11 Å². The lowest BCUT2D eigenvalue weighted by molar-refractivity contribution is -0.127. The number of amides is 1. The van der Waals surface area contributed by atoms with Crippen LogP contribution in [0.5, 0.6) is 0 Å². The largest absolute Gasteiger partial charge is 0.362 e. The molecule has 1 fully saturated rings. The molecule has 0 aliphatic carbocycles. The number of carbonyl (C=O) groups excluding carboxylic acids is 1. The second-order valence-corrected chi connectivity index (χ2v) is 7.28. The average Bonchev–Trinajstić information content (AvgIpc) is 3.11. The molecule has 1 aliphatic rings. The Morgan fingerprint density at radius 1 is 1.00 bits per heavy atom. The number of carbonyl (C=O) groups is 1. The van der Waals surface area contributed by atoms with Gasteiger partial charge in [-0.05, 0) is 36.2 Å². The van der Waals surface area contributed by atoms with Crippen LogP contribution in [0.1, 0.15) is 30.4 Å². The van der Waals surface area contributed by atoms with Crippen molar-refractivity contribution in [1.29, 1.82) is 0 Å². The van der Waals surface area contributed by atoms with Crippen molar-refractivity contribution < 1.29 is 4.79 Å². The van der Waals surface area contributed by atoms with Gasteiger partial charge in [-0.3, -0.25) is 4.79 Å². The smallest absolute Gasteiger partial charge is 0.222 e. The van der Waals surface area contributed by atoms with Gasteiger partial charge >= 0.3 is 0 Å². The minimum Gasteiger partial charge on any atom is -0.362 e. The highest BCUT2D eigenvalue weighted by Gasteiger charge is 2.19. The molecule has 3 rings (SSSR count). The number of hydrogen-bond acceptors (Lipinski definition) is 2. The summed E-state index contributed by atoms with van der Waals surface area (Å²) in [4.78, 5) is 15.8. The Bertz CT molecular complexity index is 694. The van der Waals surface area contributed by atoms with Gasteiger partial charge in [-0.1, -0.05) is 60.7 Å². The molecule has 0 aromatic heterocycles. The van der Waals surface area contributed by atoms with Gasteiger partial charge in [0, 0.05) is 39.1 Å². The fourth-order valence-electron chi connectivity index (χ4n) is 3.32. The van der Waals surface area contributed by atoms with Crippen LogP contribution in [0.3, 0.4) is 0 Å². The first-order valence-corrected chi connectivity index (χ1v) is 10.0. The molecule has 142 valence electrons. The summed E-state index contributed by atoms with van der Waals surface area (Å²) in [6, 6.07) is 20.8. The van der Waals surface area contributed by atoms with Gasteiger partial charge in [0.25, 0.3) is 0 Å². The molecular formula is C22H27N3OS. The first-order valence-electron chi connectivity index (χ1n) is 9.61. The van der Waals surface area contributed by atoms with Gasteiger partial charge in [0.1, 0.15) is 0 Å². The average molecular weight is 382 g/mol. The molecule has 2 aromatic rings. The number of thiocarbonyl (C=S) groups is 1. The van der Waals surface area contributed by atoms with Crippen molar-refractivity contribution in [3.8, 4) is 0 Å². The van der Waals surface area contributed by atoms with Crippen LogP contribution in [0, 0.1) is 0 Å². The Hall–Kier alpha value is -2.40. The topological polar surface area (TPSA) is 35.6 Å². The molecule has 2 aromatic carbocycles. The number of likely N-dealkylation sites (tertiary alicyclic amines) is 1. The van der Waals surface area contributed by atoms with Crippen molar-refractivity contribution in [2.75, 3.05) is 19.6 Å². The van der Waals surface area contributed by atoms with Crippen LogP contribution in [-0.2, 0) is 17.9 Å². The minimum atomic E-state index is 0.285. The summed E-state index contributed by atoms with van der Waals surface area (Å²) in [6.07, 6.45) is 2.61. The van der Waals surface area contributed by atoms with Crippen molar-refractivity contribution in [2.24, 2.45) is 0 Å². The van der Waals surface area contributed by atoms with Crippen LogP contribution < -0.4 is 5.32 Å². The van der Waals surface area contributed by atoms with Gasteiger partial charge in [-0.2, -0.15) is 0 Å². The monoisotopic (exact) mass is 381 g/mol. The second kappa shape index (κ2) is 10.1. The molecule has 1 saturated heterocycles. The lowest BCUT2D eigenvalue weighted by Crippen LogP contribution is -2.40. The van der Waals surface area contributed by atoms with Crippen LogP contribution in [-0.4, -0.2) is 40.5 Å². The van der Waals surface area contributed by atoms with Gasteiger partial charge in [-0.15, -0.1) is 0 Å². The zero-order valence-corrected chi connectivity index (χ0v) is 16.5. The van der Waals surface area contributed by atoms with E-state index < -0.39 is 0 Å². The summed E-state index contributed by atoms with van der Waals surface area (Å²) in [6.45, 7) is 4.03. The van der Waals surface area contributed by atoms with Crippen LogP contribution in [0.15, 0.2) is 60.7 Å². The highest BCUT2D eigenvalue weighted by atomic mass is 32.1. The number of nitrogens with zero attached hydrogens (tertiary/aromatic N) is 2. The Morgan fingerprint density at radius 3 is 2.11 bits per heavy atom. The van der Waals surface area contributed by atoms with E-state index in [0.29, 0.717) is 6.42 Å². The first kappa shape index (κ1) is 19.4. The Labute approximate surface area is 167 Å². The van der Waals surface area contributed by atoms with E-state index in [-0.39, 0.29) is 5.91 Å². The predicted octanol–water partition coefficient (Wildman–Crippen LogP) is 3.58. The van der Waals surface area contributed by atoms with E-state index >= 15 is 0 Å². The molecule has 4 nitrogen and oxygen atoms in total. The molecule has 0 bridgehead atoms. The SMILES string of the molecule is O=C1CCCN1CCCNC(=S)N(Cc1ccccc1)Cc1ccccc1. The van der Waals surface area contributed by atoms with E-state index in [1.165, 1.54) is 11.1 Å². The van der Waals surface area contributed by atoms with Crippen LogP contribution >= 0.6 is 12.2 Å². The van der Waals surface area contributed by atoms with E-state index in [9.17, 15) is 4.79 Å². The maximum absolute atomic E-state index is 11.7. The first-order chi connectivity index (χ1) is 13.2. The second-order valence-electron chi connectivity index (χ2n) is 6.90. The molecule has 1 amide bonds. The fourth-order valence-corrected chi connectivity index (χ4v) is 3.56. The zero-order valence-electron chi connectivity index (χ0n) is 15.6. The molecule has 27 heavy (non-hydrogen) atoms. The summed E-state index contributed by atoms with van der Waals surface area (Å²) in [7, 11) is 0. The molecule has 0 saturated carbocycles. The number of rotatable bonds is 8. The lowest BCUT2D eigenvalue weighted by Gasteiger charge is -2.26. The van der Waals surface area contributed by atoms with Gasteiger partial charge in [0.2, 0.25) is 5.91 Å². The molecule has 1 N–H and O–H groups in total. The van der Waals surface area contributed by atoms with E-state index in [1.807, 2.05) is 17.0 Å². The van der Waals surface area contributed by atoms with E-state index in [2.05, 4.69) is 58.7 Å². The van der Waals surface area contributed by atoms with Crippen molar-refractivity contribution in [3.63, 3.8) is 0 Å². The summed E-state index contributed by atoms with van der Waals surface area (Å²) < 4.78 is 0. The molecule has 5 heteroatoms. The van der Waals surface area contributed by atoms with Crippen molar-refractivity contribution in [3.05, 3.63) is 71.8 Å². The van der Waals surface area contributed by atoms with E-state index in [1.54, 1.807) is 0 Å². The zero-order chi connectivity index (χ0) is 18.9. The third-order valence-electron chi connectivity index (χ3n) is 4.77. The van der Waals surface area contributed by atoms with Crippen LogP contribution in [0.25, 0.3) is 0 Å². The highest BCUT2D eigenvalue weighted by molar-refractivity contribution is 7.80. The quantitative estimate of drug-likeness (QED) is 0.560. The maximum atomic E-state index is 11.7. The van der Waals surface area contributed by atoms with Crippen molar-refractivity contribution in [1.82, 2.24) is 15.1 Å². The Balaban J connectivity index is 1.54. The van der Waals surface area contributed by atoms with E-state index in [0.717, 1.165) is 50.7 Å². The number of hydrogen-bond donors (Lipinski definition) is 1. The van der Waals surface area contributed by atoms with Gasteiger partial charge in [-0.25, -0.2) is 0 Å². The molecular weight excluding hydrogens is 354 g/mol. The highest BCUT2D eigenvalue weighted by Crippen LogP contribution is 2.11. The molecule has 1 heterocycles. The van der Waals surface area contributed by atoms with Crippen LogP contribution in [0.4, 0.5) is 0 Å². The van der Waals surface area contributed by atoms with Gasteiger partial charge in [0.05, 0.1) is 0 Å². The van der Waals surface area contributed by atoms with Crippen LogP contribution in [0.2, 0.25) is 0 Å². The Kier molecular flexibility index (Phi) is 7.22. The number of benzene rings is 2. The fraction of sp³-hybridized carbons (Fsp3) is 0.364. The third kappa shape index (κ3) is 6.07. The van der Waals surface area contributed by atoms with Crippen molar-refractivity contribution >= 4 is 23.2 Å². The molecule has 1 aliphatic heterocycles. The third-order valence-corrected chi connectivity index (χ3v) is 5.17. The normalized spacial score (nSPS) is 13.6. The van der Waals surface area contributed by atoms with E-state index in [4.69, 9.17) is 12.2 Å². The van der Waals surface area contributed by atoms with Gasteiger partial charge < -0.3 is 15.1 Å². The molecule has 0 atom stereocenters. The molecule has 0 unspecified atom stereocenters. The van der Waals surface area contributed by atoms with Crippen molar-refractivity contribution in [2.45, 2.75) is 32.4 Å². The minimum absolute atomic E-state index is 0.285. The number of nitrogens with one attached hydrogen (secondary N) is 1. The Morgan fingerprint density at radius 2 is 1.59 bits per heavy atom. The summed E-state index contributed by atoms with van der Waals surface area (Å²) in [5, 5.41) is 4.14. The maximum Gasteiger partial charge on any atom is 0.222 e. The summed E-state index contributed by atoms with van der Waals surface area (Å²) in [5.41, 5.74) is 2.47.